The third-order valence-corrected chi connectivity index (χ3v) is 5.85. The molecule has 0 spiro atoms. The molecule has 8 nitrogen and oxygen atoms in total. The second-order valence-electron chi connectivity index (χ2n) is 6.44. The van der Waals surface area contributed by atoms with Gasteiger partial charge in [0, 0.05) is 38.0 Å². The number of hydrogen-bond acceptors (Lipinski definition) is 6. The van der Waals surface area contributed by atoms with E-state index in [1.54, 1.807) is 18.2 Å². The Labute approximate surface area is 163 Å². The lowest BCUT2D eigenvalue weighted by Gasteiger charge is -2.11. The fraction of sp³-hybridized carbons (Fsp3) is 0.263. The van der Waals surface area contributed by atoms with Crippen molar-refractivity contribution in [1.82, 2.24) is 19.3 Å². The molecule has 3 aromatic rings. The van der Waals surface area contributed by atoms with Gasteiger partial charge in [0.2, 0.25) is 10.0 Å². The summed E-state index contributed by atoms with van der Waals surface area (Å²) in [7, 11) is -3.57. The topological polar surface area (TPSA) is 98.1 Å². The van der Waals surface area contributed by atoms with Gasteiger partial charge in [-0.2, -0.15) is 0 Å². The lowest BCUT2D eigenvalue weighted by molar-refractivity contribution is 0.356. The molecule has 4 rings (SSSR count). The summed E-state index contributed by atoms with van der Waals surface area (Å²) < 4.78 is 34.9. The number of benzene rings is 1. The number of fused-ring (bicyclic) bond motifs is 1. The largest absolute Gasteiger partial charge is 0.493 e. The molecule has 2 aromatic heterocycles. The molecule has 1 aromatic carbocycles. The first-order chi connectivity index (χ1) is 13.5. The minimum atomic E-state index is -3.57. The van der Waals surface area contributed by atoms with E-state index in [1.807, 2.05) is 42.1 Å². The number of sulfonamides is 1. The van der Waals surface area contributed by atoms with Crippen molar-refractivity contribution in [2.45, 2.75) is 18.2 Å². The number of nitrogens with one attached hydrogen (secondary N) is 2. The van der Waals surface area contributed by atoms with Crippen molar-refractivity contribution in [3.05, 3.63) is 60.2 Å². The zero-order chi connectivity index (χ0) is 19.6. The van der Waals surface area contributed by atoms with E-state index in [0.29, 0.717) is 24.8 Å². The van der Waals surface area contributed by atoms with Gasteiger partial charge in [0.15, 0.2) is 0 Å². The van der Waals surface area contributed by atoms with E-state index in [9.17, 15) is 8.42 Å². The zero-order valence-corrected chi connectivity index (χ0v) is 16.2. The van der Waals surface area contributed by atoms with Crippen LogP contribution in [0.4, 0.5) is 5.82 Å². The summed E-state index contributed by atoms with van der Waals surface area (Å²) in [5.74, 6) is 2.79. The maximum absolute atomic E-state index is 12.5. The number of anilines is 1. The Kier molecular flexibility index (Phi) is 5.01. The minimum absolute atomic E-state index is 0.234. The van der Waals surface area contributed by atoms with Gasteiger partial charge in [0.05, 0.1) is 11.5 Å². The number of rotatable bonds is 7. The molecule has 2 N–H and O–H groups in total. The molecule has 3 heterocycles. The second kappa shape index (κ2) is 7.61. The average molecular weight is 399 g/mol. The molecule has 0 aliphatic carbocycles. The standard InChI is InChI=1S/C19H21N5O3S/c1-14-22-18(13-19(23-14)24-9-2-3-10-24)20-7-8-21-28(25,26)16-4-5-17-15(12-16)6-11-27-17/h2-5,9-10,12-13,21H,6-8,11H2,1H3,(H,20,22,23). The minimum Gasteiger partial charge on any atom is -0.493 e. The molecule has 1 aliphatic heterocycles. The van der Waals surface area contributed by atoms with Crippen LogP contribution in [0.5, 0.6) is 5.75 Å². The Morgan fingerprint density at radius 2 is 1.96 bits per heavy atom. The normalized spacial score (nSPS) is 13.2. The molecular weight excluding hydrogens is 378 g/mol. The van der Waals surface area contributed by atoms with Crippen LogP contribution in [0, 0.1) is 6.92 Å². The SMILES string of the molecule is Cc1nc(NCCNS(=O)(=O)c2ccc3c(c2)CCO3)cc(-n2cccc2)n1. The quantitative estimate of drug-likeness (QED) is 0.589. The monoisotopic (exact) mass is 399 g/mol. The number of ether oxygens (including phenoxy) is 1. The van der Waals surface area contributed by atoms with Crippen molar-refractivity contribution in [1.29, 1.82) is 0 Å². The molecule has 0 saturated carbocycles. The van der Waals surface area contributed by atoms with E-state index in [-0.39, 0.29) is 11.4 Å². The second-order valence-corrected chi connectivity index (χ2v) is 8.21. The molecule has 0 unspecified atom stereocenters. The van der Waals surface area contributed by atoms with Crippen LogP contribution in [0.15, 0.2) is 53.7 Å². The van der Waals surface area contributed by atoms with Gasteiger partial charge >= 0.3 is 0 Å². The third-order valence-electron chi connectivity index (χ3n) is 4.39. The van der Waals surface area contributed by atoms with Gasteiger partial charge in [0.1, 0.15) is 23.2 Å². The highest BCUT2D eigenvalue weighted by Gasteiger charge is 2.18. The molecule has 146 valence electrons. The molecule has 0 radical (unpaired) electrons. The molecule has 0 amide bonds. The van der Waals surface area contributed by atoms with Gasteiger partial charge in [-0.3, -0.25) is 0 Å². The Morgan fingerprint density at radius 3 is 2.79 bits per heavy atom. The van der Waals surface area contributed by atoms with Gasteiger partial charge in [-0.05, 0) is 42.8 Å². The van der Waals surface area contributed by atoms with E-state index < -0.39 is 10.0 Å². The molecular formula is C19H21N5O3S. The summed E-state index contributed by atoms with van der Waals surface area (Å²) in [5, 5.41) is 3.14. The van der Waals surface area contributed by atoms with Crippen LogP contribution in [0.25, 0.3) is 5.82 Å². The Bertz CT molecular complexity index is 1080. The number of hydrogen-bond donors (Lipinski definition) is 2. The van der Waals surface area contributed by atoms with Gasteiger partial charge in [-0.15, -0.1) is 0 Å². The lowest BCUT2D eigenvalue weighted by Crippen LogP contribution is -2.29. The van der Waals surface area contributed by atoms with Crippen molar-refractivity contribution in [2.24, 2.45) is 0 Å². The van der Waals surface area contributed by atoms with Gasteiger partial charge in [-0.1, -0.05) is 0 Å². The van der Waals surface area contributed by atoms with E-state index in [1.165, 1.54) is 0 Å². The van der Waals surface area contributed by atoms with E-state index in [0.717, 1.165) is 23.6 Å². The van der Waals surface area contributed by atoms with Crippen molar-refractivity contribution >= 4 is 15.8 Å². The maximum Gasteiger partial charge on any atom is 0.240 e. The molecule has 0 bridgehead atoms. The van der Waals surface area contributed by atoms with Crippen LogP contribution in [-0.4, -0.2) is 42.6 Å². The Hall–Kier alpha value is -2.91. The van der Waals surface area contributed by atoms with Crippen LogP contribution < -0.4 is 14.8 Å². The molecule has 0 fully saturated rings. The fourth-order valence-electron chi connectivity index (χ4n) is 3.05. The molecule has 0 saturated heterocycles. The Morgan fingerprint density at radius 1 is 1.14 bits per heavy atom. The first-order valence-corrected chi connectivity index (χ1v) is 10.5. The number of nitrogens with zero attached hydrogens (tertiary/aromatic N) is 3. The lowest BCUT2D eigenvalue weighted by atomic mass is 10.2. The average Bonchev–Trinajstić information content (AvgIpc) is 3.35. The maximum atomic E-state index is 12.5. The number of aryl methyl sites for hydroxylation is 1. The summed E-state index contributed by atoms with van der Waals surface area (Å²) in [6.45, 7) is 3.05. The molecule has 9 heteroatoms. The van der Waals surface area contributed by atoms with Crippen molar-refractivity contribution in [3.63, 3.8) is 0 Å². The number of aromatic nitrogens is 3. The highest BCUT2D eigenvalue weighted by Crippen LogP contribution is 2.27. The zero-order valence-electron chi connectivity index (χ0n) is 15.4. The summed E-state index contributed by atoms with van der Waals surface area (Å²) in [5.41, 5.74) is 0.926. The molecule has 0 atom stereocenters. The van der Waals surface area contributed by atoms with Gasteiger partial charge < -0.3 is 14.6 Å². The van der Waals surface area contributed by atoms with Gasteiger partial charge in [-0.25, -0.2) is 23.1 Å². The predicted octanol–water partition coefficient (Wildman–Crippen LogP) is 1.90. The van der Waals surface area contributed by atoms with Crippen molar-refractivity contribution < 1.29 is 13.2 Å². The van der Waals surface area contributed by atoms with E-state index in [2.05, 4.69) is 20.0 Å². The van der Waals surface area contributed by atoms with Crippen LogP contribution in [-0.2, 0) is 16.4 Å². The highest BCUT2D eigenvalue weighted by atomic mass is 32.2. The smallest absolute Gasteiger partial charge is 0.240 e. The summed E-state index contributed by atoms with van der Waals surface area (Å²) >= 11 is 0. The van der Waals surface area contributed by atoms with Crippen LogP contribution in [0.3, 0.4) is 0 Å². The fourth-order valence-corrected chi connectivity index (χ4v) is 4.13. The van der Waals surface area contributed by atoms with Crippen LogP contribution in [0.1, 0.15) is 11.4 Å². The first-order valence-electron chi connectivity index (χ1n) is 8.99. The summed E-state index contributed by atoms with van der Waals surface area (Å²) in [4.78, 5) is 9.00. The van der Waals surface area contributed by atoms with E-state index >= 15 is 0 Å². The van der Waals surface area contributed by atoms with E-state index in [4.69, 9.17) is 4.74 Å². The third kappa shape index (κ3) is 4.00. The predicted molar refractivity (Wildman–Crippen MR) is 105 cm³/mol. The first kappa shape index (κ1) is 18.5. The summed E-state index contributed by atoms with van der Waals surface area (Å²) in [6, 6.07) is 10.6. The summed E-state index contributed by atoms with van der Waals surface area (Å²) in [6.07, 6.45) is 4.54. The highest BCUT2D eigenvalue weighted by molar-refractivity contribution is 7.89. The molecule has 28 heavy (non-hydrogen) atoms. The van der Waals surface area contributed by atoms with Crippen molar-refractivity contribution in [3.8, 4) is 11.6 Å². The van der Waals surface area contributed by atoms with Crippen LogP contribution >= 0.6 is 0 Å². The van der Waals surface area contributed by atoms with Crippen LogP contribution in [0.2, 0.25) is 0 Å². The van der Waals surface area contributed by atoms with Crippen molar-refractivity contribution in [2.75, 3.05) is 25.0 Å². The van der Waals surface area contributed by atoms with Gasteiger partial charge in [0.25, 0.3) is 0 Å². The molecule has 1 aliphatic rings. The Balaban J connectivity index is 1.37.